The molecule has 2 N–H and O–H groups in total. The molecule has 0 aliphatic carbocycles. The van der Waals surface area contributed by atoms with Crippen molar-refractivity contribution in [1.82, 2.24) is 5.01 Å². The molecule has 0 atom stereocenters. The first kappa shape index (κ1) is 15.2. The van der Waals surface area contributed by atoms with Gasteiger partial charge in [0, 0.05) is 5.39 Å². The fourth-order valence-corrected chi connectivity index (χ4v) is 2.58. The van der Waals surface area contributed by atoms with Crippen LogP contribution in [0.25, 0.3) is 10.8 Å². The third-order valence-corrected chi connectivity index (χ3v) is 3.51. The summed E-state index contributed by atoms with van der Waals surface area (Å²) in [4.78, 5) is 36.7. The van der Waals surface area contributed by atoms with Gasteiger partial charge in [0.2, 0.25) is 0 Å². The highest BCUT2D eigenvalue weighted by Gasteiger charge is 2.32. The number of carbonyl (C=O) groups is 3. The Morgan fingerprint density at radius 3 is 2.39 bits per heavy atom. The van der Waals surface area contributed by atoms with Crippen molar-refractivity contribution in [3.05, 3.63) is 47.0 Å². The lowest BCUT2D eigenvalue weighted by Gasteiger charge is -2.24. The van der Waals surface area contributed by atoms with E-state index in [1.54, 1.807) is 45.0 Å². The number of nitrogens with zero attached hydrogens (tertiary/aromatic N) is 1. The number of imide groups is 1. The van der Waals surface area contributed by atoms with E-state index in [1.807, 2.05) is 0 Å². The van der Waals surface area contributed by atoms with Crippen molar-refractivity contribution >= 4 is 28.6 Å². The number of benzene rings is 2. The monoisotopic (exact) mass is 312 g/mol. The van der Waals surface area contributed by atoms with Crippen LogP contribution in [-0.4, -0.2) is 28.4 Å². The SMILES string of the molecule is CC(C)(C)OC(=O)c1cc2c3c(cccc3c1)C(=O)N(N)C2=O. The number of hydrogen-bond acceptors (Lipinski definition) is 5. The molecule has 1 aliphatic heterocycles. The van der Waals surface area contributed by atoms with Crippen LogP contribution in [0, 0.1) is 0 Å². The molecule has 2 amide bonds. The molecule has 23 heavy (non-hydrogen) atoms. The predicted octanol–water partition coefficient (Wildman–Crippen LogP) is 2.26. The summed E-state index contributed by atoms with van der Waals surface area (Å²) in [6.07, 6.45) is 0. The lowest BCUT2D eigenvalue weighted by atomic mass is 9.93. The zero-order valence-electron chi connectivity index (χ0n) is 13.0. The van der Waals surface area contributed by atoms with Crippen LogP contribution in [0.15, 0.2) is 30.3 Å². The molecular weight excluding hydrogens is 296 g/mol. The average molecular weight is 312 g/mol. The third-order valence-electron chi connectivity index (χ3n) is 3.51. The van der Waals surface area contributed by atoms with E-state index in [0.29, 0.717) is 21.3 Å². The van der Waals surface area contributed by atoms with Gasteiger partial charge < -0.3 is 4.74 Å². The van der Waals surface area contributed by atoms with Gasteiger partial charge in [-0.2, -0.15) is 0 Å². The summed E-state index contributed by atoms with van der Waals surface area (Å²) in [7, 11) is 0. The first-order valence-electron chi connectivity index (χ1n) is 7.12. The van der Waals surface area contributed by atoms with E-state index >= 15 is 0 Å². The highest BCUT2D eigenvalue weighted by atomic mass is 16.6. The van der Waals surface area contributed by atoms with Crippen LogP contribution in [-0.2, 0) is 4.74 Å². The summed E-state index contributed by atoms with van der Waals surface area (Å²) in [5.41, 5.74) is 0.164. The van der Waals surface area contributed by atoms with E-state index in [4.69, 9.17) is 10.6 Å². The molecule has 0 fully saturated rings. The van der Waals surface area contributed by atoms with Crippen LogP contribution in [0.5, 0.6) is 0 Å². The van der Waals surface area contributed by atoms with Crippen LogP contribution >= 0.6 is 0 Å². The molecule has 118 valence electrons. The number of carbonyl (C=O) groups excluding carboxylic acids is 3. The summed E-state index contributed by atoms with van der Waals surface area (Å²) in [6, 6.07) is 8.07. The first-order chi connectivity index (χ1) is 10.7. The molecular formula is C17H16N2O4. The van der Waals surface area contributed by atoms with E-state index in [1.165, 1.54) is 6.07 Å². The van der Waals surface area contributed by atoms with E-state index < -0.39 is 23.4 Å². The van der Waals surface area contributed by atoms with Gasteiger partial charge in [0.05, 0.1) is 16.7 Å². The maximum absolute atomic E-state index is 12.3. The maximum Gasteiger partial charge on any atom is 0.338 e. The van der Waals surface area contributed by atoms with Crippen LogP contribution < -0.4 is 5.84 Å². The van der Waals surface area contributed by atoms with E-state index in [0.717, 1.165) is 0 Å². The van der Waals surface area contributed by atoms with Crippen molar-refractivity contribution in [2.45, 2.75) is 26.4 Å². The smallest absolute Gasteiger partial charge is 0.338 e. The Morgan fingerprint density at radius 2 is 1.74 bits per heavy atom. The van der Waals surface area contributed by atoms with Gasteiger partial charge in [0.25, 0.3) is 11.8 Å². The first-order valence-corrected chi connectivity index (χ1v) is 7.12. The molecule has 3 rings (SSSR count). The molecule has 6 nitrogen and oxygen atoms in total. The zero-order valence-corrected chi connectivity index (χ0v) is 13.0. The fourth-order valence-electron chi connectivity index (χ4n) is 2.58. The van der Waals surface area contributed by atoms with Crippen molar-refractivity contribution in [3.63, 3.8) is 0 Å². The van der Waals surface area contributed by atoms with Crippen molar-refractivity contribution in [3.8, 4) is 0 Å². The molecule has 0 unspecified atom stereocenters. The van der Waals surface area contributed by atoms with Crippen LogP contribution in [0.2, 0.25) is 0 Å². The van der Waals surface area contributed by atoms with Gasteiger partial charge in [0.1, 0.15) is 5.60 Å². The Balaban J connectivity index is 2.22. The van der Waals surface area contributed by atoms with Crippen LogP contribution in [0.1, 0.15) is 51.8 Å². The Kier molecular flexibility index (Phi) is 3.23. The number of nitrogens with two attached hydrogens (primary N) is 1. The molecule has 0 radical (unpaired) electrons. The van der Waals surface area contributed by atoms with Crippen molar-refractivity contribution in [2.75, 3.05) is 0 Å². The van der Waals surface area contributed by atoms with Crippen molar-refractivity contribution in [1.29, 1.82) is 0 Å². The molecule has 0 bridgehead atoms. The highest BCUT2D eigenvalue weighted by Crippen LogP contribution is 2.30. The number of rotatable bonds is 1. The number of hydrogen-bond donors (Lipinski definition) is 1. The number of hydrazine groups is 1. The summed E-state index contributed by atoms with van der Waals surface area (Å²) in [5.74, 6) is 3.83. The van der Waals surface area contributed by atoms with E-state index in [2.05, 4.69) is 0 Å². The third kappa shape index (κ3) is 2.47. The fraction of sp³-hybridized carbons (Fsp3) is 0.235. The number of esters is 1. The second-order valence-electron chi connectivity index (χ2n) is 6.41. The second-order valence-corrected chi connectivity index (χ2v) is 6.41. The Labute approximate surface area is 132 Å². The van der Waals surface area contributed by atoms with Crippen molar-refractivity contribution in [2.24, 2.45) is 5.84 Å². The quantitative estimate of drug-likeness (QED) is 0.377. The summed E-state index contributed by atoms with van der Waals surface area (Å²) in [6.45, 7) is 5.29. The summed E-state index contributed by atoms with van der Waals surface area (Å²) < 4.78 is 5.34. The Hall–Kier alpha value is -2.73. The molecule has 2 aromatic carbocycles. The Bertz CT molecular complexity index is 865. The molecule has 6 heteroatoms. The largest absolute Gasteiger partial charge is 0.456 e. The molecule has 0 spiro atoms. The van der Waals surface area contributed by atoms with Gasteiger partial charge in [0.15, 0.2) is 0 Å². The highest BCUT2D eigenvalue weighted by molar-refractivity contribution is 6.25. The zero-order chi connectivity index (χ0) is 16.9. The van der Waals surface area contributed by atoms with Crippen LogP contribution in [0.3, 0.4) is 0 Å². The normalized spacial score (nSPS) is 14.3. The van der Waals surface area contributed by atoms with Gasteiger partial charge in [-0.15, -0.1) is 0 Å². The van der Waals surface area contributed by atoms with Gasteiger partial charge in [-0.05, 0) is 44.4 Å². The molecule has 0 saturated heterocycles. The predicted molar refractivity (Wildman–Crippen MR) is 83.8 cm³/mol. The molecule has 0 saturated carbocycles. The second kappa shape index (κ2) is 4.89. The standard InChI is InChI=1S/C17H16N2O4/c1-17(2,3)23-16(22)10-7-9-5-4-6-11-13(9)12(8-10)15(21)19(18)14(11)20/h4-8H,18H2,1-3H3. The molecule has 2 aromatic rings. The minimum atomic E-state index is -0.648. The summed E-state index contributed by atoms with van der Waals surface area (Å²) in [5, 5.41) is 1.70. The Morgan fingerprint density at radius 1 is 1.09 bits per heavy atom. The maximum atomic E-state index is 12.3. The average Bonchev–Trinajstić information content (AvgIpc) is 2.48. The van der Waals surface area contributed by atoms with Gasteiger partial charge in [-0.1, -0.05) is 12.1 Å². The van der Waals surface area contributed by atoms with Crippen molar-refractivity contribution < 1.29 is 19.1 Å². The van der Waals surface area contributed by atoms with Crippen LogP contribution in [0.4, 0.5) is 0 Å². The minimum Gasteiger partial charge on any atom is -0.456 e. The lowest BCUT2D eigenvalue weighted by Crippen LogP contribution is -2.45. The van der Waals surface area contributed by atoms with Gasteiger partial charge in [-0.3, -0.25) is 9.59 Å². The van der Waals surface area contributed by atoms with Gasteiger partial charge >= 0.3 is 5.97 Å². The molecule has 1 heterocycles. The summed E-state index contributed by atoms with van der Waals surface area (Å²) >= 11 is 0. The lowest BCUT2D eigenvalue weighted by molar-refractivity contribution is 0.00696. The minimum absolute atomic E-state index is 0.223. The number of amides is 2. The van der Waals surface area contributed by atoms with Gasteiger partial charge in [-0.25, -0.2) is 15.6 Å². The molecule has 1 aliphatic rings. The van der Waals surface area contributed by atoms with E-state index in [-0.39, 0.29) is 11.1 Å². The molecule has 0 aromatic heterocycles. The topological polar surface area (TPSA) is 89.7 Å². The van der Waals surface area contributed by atoms with E-state index in [9.17, 15) is 14.4 Å². The number of ether oxygens (including phenoxy) is 1.